The monoisotopic (exact) mass is 208 g/mol. The Morgan fingerprint density at radius 3 is 2.47 bits per heavy atom. The minimum atomic E-state index is -0.433. The van der Waals surface area contributed by atoms with E-state index in [0.29, 0.717) is 42.3 Å². The Hall–Kier alpha value is -1.33. The lowest BCUT2D eigenvalue weighted by Crippen LogP contribution is -2.09. The maximum atomic E-state index is 10.6. The van der Waals surface area contributed by atoms with Crippen molar-refractivity contribution < 1.29 is 14.3 Å². The van der Waals surface area contributed by atoms with E-state index >= 15 is 0 Å². The average Bonchev–Trinajstić information content (AvgIpc) is 2.74. The van der Waals surface area contributed by atoms with Crippen LogP contribution in [-0.4, -0.2) is 29.5 Å². The normalized spacial score (nSPS) is 16.9. The van der Waals surface area contributed by atoms with Gasteiger partial charge in [-0.15, -0.1) is 0 Å². The predicted molar refractivity (Wildman–Crippen MR) is 51.5 cm³/mol. The van der Waals surface area contributed by atoms with Crippen LogP contribution in [0, 0.1) is 13.8 Å². The molecule has 0 spiro atoms. The van der Waals surface area contributed by atoms with Gasteiger partial charge in [-0.1, -0.05) is 0 Å². The molecule has 0 aromatic carbocycles. The Labute approximate surface area is 87.4 Å². The zero-order valence-corrected chi connectivity index (χ0v) is 8.69. The summed E-state index contributed by atoms with van der Waals surface area (Å²) in [7, 11) is 0. The molecule has 2 rings (SSSR count). The van der Waals surface area contributed by atoms with Crippen LogP contribution in [0.25, 0.3) is 0 Å². The second kappa shape index (κ2) is 4.04. The highest BCUT2D eigenvalue weighted by Crippen LogP contribution is 2.23. The Balaban J connectivity index is 2.39. The first kappa shape index (κ1) is 10.2. The number of aldehydes is 1. The molecule has 5 heteroatoms. The molecule has 0 saturated carbocycles. The summed E-state index contributed by atoms with van der Waals surface area (Å²) in [6.07, 6.45) is 0.270. The van der Waals surface area contributed by atoms with Crippen LogP contribution in [0.5, 0.6) is 0 Å². The average molecular weight is 208 g/mol. The first-order chi connectivity index (χ1) is 7.22. The van der Waals surface area contributed by atoms with Crippen molar-refractivity contribution in [3.8, 4) is 0 Å². The number of ether oxygens (including phenoxy) is 2. The van der Waals surface area contributed by atoms with Gasteiger partial charge in [0.1, 0.15) is 11.4 Å². The van der Waals surface area contributed by atoms with Crippen molar-refractivity contribution in [3.63, 3.8) is 0 Å². The molecule has 1 aliphatic rings. The third kappa shape index (κ3) is 1.88. The van der Waals surface area contributed by atoms with E-state index in [1.165, 1.54) is 0 Å². The first-order valence-corrected chi connectivity index (χ1v) is 4.76. The summed E-state index contributed by atoms with van der Waals surface area (Å²) in [5.74, 6) is 0. The molecule has 1 fully saturated rings. The molecular formula is C10H12N2O3. The number of carbonyl (C=O) groups excluding carboxylic acids is 1. The molecule has 1 aliphatic heterocycles. The van der Waals surface area contributed by atoms with Crippen LogP contribution in [0.4, 0.5) is 0 Å². The third-order valence-corrected chi connectivity index (χ3v) is 2.27. The van der Waals surface area contributed by atoms with Gasteiger partial charge in [0.2, 0.25) is 6.29 Å². The van der Waals surface area contributed by atoms with E-state index in [4.69, 9.17) is 9.47 Å². The standard InChI is InChI=1S/C10H12N2O3/c1-6-8(5-13)11-7(2)9(12-6)10-14-3-4-15-10/h5,10H,3-4H2,1-2H3. The number of aromatic nitrogens is 2. The van der Waals surface area contributed by atoms with Crippen LogP contribution in [0.1, 0.15) is 33.9 Å². The Kier molecular flexibility index (Phi) is 2.75. The zero-order valence-electron chi connectivity index (χ0n) is 8.69. The highest BCUT2D eigenvalue weighted by Gasteiger charge is 2.23. The molecule has 0 radical (unpaired) electrons. The number of hydrogen-bond donors (Lipinski definition) is 0. The molecule has 0 aliphatic carbocycles. The van der Waals surface area contributed by atoms with Gasteiger partial charge < -0.3 is 9.47 Å². The van der Waals surface area contributed by atoms with Gasteiger partial charge in [-0.05, 0) is 13.8 Å². The van der Waals surface area contributed by atoms with Crippen LogP contribution in [0.15, 0.2) is 0 Å². The van der Waals surface area contributed by atoms with Crippen molar-refractivity contribution in [1.82, 2.24) is 9.97 Å². The topological polar surface area (TPSA) is 61.3 Å². The van der Waals surface area contributed by atoms with Crippen molar-refractivity contribution in [1.29, 1.82) is 0 Å². The molecule has 5 nitrogen and oxygen atoms in total. The fraction of sp³-hybridized carbons (Fsp3) is 0.500. The molecule has 0 bridgehead atoms. The van der Waals surface area contributed by atoms with Crippen LogP contribution in [-0.2, 0) is 9.47 Å². The molecule has 1 saturated heterocycles. The number of aryl methyl sites for hydroxylation is 2. The summed E-state index contributed by atoms with van der Waals surface area (Å²) in [6.45, 7) is 4.68. The van der Waals surface area contributed by atoms with Crippen molar-refractivity contribution in [2.45, 2.75) is 20.1 Å². The van der Waals surface area contributed by atoms with Gasteiger partial charge in [-0.2, -0.15) is 0 Å². The molecular weight excluding hydrogens is 196 g/mol. The van der Waals surface area contributed by atoms with Crippen molar-refractivity contribution >= 4 is 6.29 Å². The Morgan fingerprint density at radius 1 is 1.20 bits per heavy atom. The Morgan fingerprint density at radius 2 is 1.87 bits per heavy atom. The number of nitrogens with zero attached hydrogens (tertiary/aromatic N) is 2. The lowest BCUT2D eigenvalue weighted by molar-refractivity contribution is -0.0481. The molecule has 15 heavy (non-hydrogen) atoms. The first-order valence-electron chi connectivity index (χ1n) is 4.76. The summed E-state index contributed by atoms with van der Waals surface area (Å²) >= 11 is 0. The van der Waals surface area contributed by atoms with Gasteiger partial charge in [-0.25, -0.2) is 9.97 Å². The molecule has 1 aromatic heterocycles. The van der Waals surface area contributed by atoms with Gasteiger partial charge in [-0.3, -0.25) is 4.79 Å². The zero-order chi connectivity index (χ0) is 10.8. The van der Waals surface area contributed by atoms with Crippen LogP contribution in [0.2, 0.25) is 0 Å². The summed E-state index contributed by atoms with van der Waals surface area (Å²) in [4.78, 5) is 19.1. The van der Waals surface area contributed by atoms with E-state index in [-0.39, 0.29) is 0 Å². The van der Waals surface area contributed by atoms with Crippen molar-refractivity contribution in [3.05, 3.63) is 22.8 Å². The summed E-state index contributed by atoms with van der Waals surface area (Å²) in [6, 6.07) is 0. The lowest BCUT2D eigenvalue weighted by Gasteiger charge is -2.12. The van der Waals surface area contributed by atoms with E-state index in [2.05, 4.69) is 9.97 Å². The molecule has 0 N–H and O–H groups in total. The fourth-order valence-corrected chi connectivity index (χ4v) is 1.49. The van der Waals surface area contributed by atoms with E-state index in [9.17, 15) is 4.79 Å². The number of rotatable bonds is 2. The molecule has 80 valence electrons. The molecule has 0 amide bonds. The van der Waals surface area contributed by atoms with Gasteiger partial charge in [0.25, 0.3) is 0 Å². The smallest absolute Gasteiger partial charge is 0.203 e. The van der Waals surface area contributed by atoms with E-state index in [1.54, 1.807) is 13.8 Å². The van der Waals surface area contributed by atoms with E-state index in [0.717, 1.165) is 0 Å². The maximum Gasteiger partial charge on any atom is 0.203 e. The van der Waals surface area contributed by atoms with E-state index in [1.807, 2.05) is 0 Å². The molecule has 2 heterocycles. The highest BCUT2D eigenvalue weighted by molar-refractivity contribution is 5.73. The largest absolute Gasteiger partial charge is 0.345 e. The maximum absolute atomic E-state index is 10.6. The minimum Gasteiger partial charge on any atom is -0.345 e. The SMILES string of the molecule is Cc1nc(C2OCCO2)c(C)nc1C=O. The Bertz CT molecular complexity index is 386. The second-order valence-electron chi connectivity index (χ2n) is 3.36. The molecule has 0 unspecified atom stereocenters. The van der Waals surface area contributed by atoms with Crippen molar-refractivity contribution in [2.24, 2.45) is 0 Å². The van der Waals surface area contributed by atoms with Crippen LogP contribution < -0.4 is 0 Å². The quantitative estimate of drug-likeness (QED) is 0.677. The molecule has 0 atom stereocenters. The number of carbonyl (C=O) groups is 1. The third-order valence-electron chi connectivity index (χ3n) is 2.27. The van der Waals surface area contributed by atoms with E-state index < -0.39 is 6.29 Å². The van der Waals surface area contributed by atoms with Crippen molar-refractivity contribution in [2.75, 3.05) is 13.2 Å². The summed E-state index contributed by atoms with van der Waals surface area (Å²) in [5, 5.41) is 0. The summed E-state index contributed by atoms with van der Waals surface area (Å²) < 4.78 is 10.7. The highest BCUT2D eigenvalue weighted by atomic mass is 16.7. The van der Waals surface area contributed by atoms with Crippen LogP contribution in [0.3, 0.4) is 0 Å². The minimum absolute atomic E-state index is 0.370. The lowest BCUT2D eigenvalue weighted by atomic mass is 10.2. The van der Waals surface area contributed by atoms with Gasteiger partial charge in [0.05, 0.1) is 24.6 Å². The van der Waals surface area contributed by atoms with Gasteiger partial charge in [0, 0.05) is 0 Å². The fourth-order valence-electron chi connectivity index (χ4n) is 1.49. The summed E-state index contributed by atoms with van der Waals surface area (Å²) in [5.41, 5.74) is 2.31. The van der Waals surface area contributed by atoms with Crippen LogP contribution >= 0.6 is 0 Å². The van der Waals surface area contributed by atoms with Gasteiger partial charge >= 0.3 is 0 Å². The van der Waals surface area contributed by atoms with Gasteiger partial charge in [0.15, 0.2) is 6.29 Å². The number of hydrogen-bond acceptors (Lipinski definition) is 5. The molecule has 1 aromatic rings. The second-order valence-corrected chi connectivity index (χ2v) is 3.36. The predicted octanol–water partition coefficient (Wildman–Crippen LogP) is 0.951.